The largest absolute Gasteiger partial charge is 0.493 e. The highest BCUT2D eigenvalue weighted by atomic mass is 16.5. The first-order valence-corrected chi connectivity index (χ1v) is 8.73. The van der Waals surface area contributed by atoms with Gasteiger partial charge in [-0.05, 0) is 42.8 Å². The number of hydrogen-bond donors (Lipinski definition) is 1. The van der Waals surface area contributed by atoms with E-state index in [9.17, 15) is 9.59 Å². The molecule has 3 rings (SSSR count). The number of ketones is 1. The lowest BCUT2D eigenvalue weighted by Crippen LogP contribution is -2.08. The number of hydrogen-bond acceptors (Lipinski definition) is 5. The van der Waals surface area contributed by atoms with E-state index < -0.39 is 11.8 Å². The molecule has 6 heteroatoms. The van der Waals surface area contributed by atoms with E-state index in [1.54, 1.807) is 24.3 Å². The van der Waals surface area contributed by atoms with Crippen LogP contribution in [0.2, 0.25) is 0 Å². The van der Waals surface area contributed by atoms with Gasteiger partial charge in [0.05, 0.1) is 12.3 Å². The summed E-state index contributed by atoms with van der Waals surface area (Å²) in [5.41, 5.74) is 2.50. The average Bonchev–Trinajstić information content (AvgIpc) is 3.08. The lowest BCUT2D eigenvalue weighted by Gasteiger charge is -2.05. The van der Waals surface area contributed by atoms with E-state index >= 15 is 0 Å². The Bertz CT molecular complexity index is 988. The normalized spacial score (nSPS) is 10.9. The Kier molecular flexibility index (Phi) is 6.01. The maximum absolute atomic E-state index is 11.1. The van der Waals surface area contributed by atoms with Gasteiger partial charge < -0.3 is 14.3 Å². The van der Waals surface area contributed by atoms with Crippen LogP contribution in [0.15, 0.2) is 65.1 Å². The molecular weight excluding hydrogens is 358 g/mol. The molecular formula is C22H19NO5. The maximum atomic E-state index is 11.1. The number of carbonyl (C=O) groups is 2. The summed E-state index contributed by atoms with van der Waals surface area (Å²) in [5.74, 6) is -0.398. The molecule has 0 aliphatic heterocycles. The summed E-state index contributed by atoms with van der Waals surface area (Å²) in [6.45, 7) is 2.32. The van der Waals surface area contributed by atoms with Gasteiger partial charge in [0.15, 0.2) is 0 Å². The van der Waals surface area contributed by atoms with Gasteiger partial charge in [-0.1, -0.05) is 36.4 Å². The number of aromatic nitrogens is 1. The topological polar surface area (TPSA) is 89.6 Å². The molecule has 28 heavy (non-hydrogen) atoms. The molecule has 0 saturated carbocycles. The first-order valence-electron chi connectivity index (χ1n) is 8.73. The Balaban J connectivity index is 1.55. The number of nitrogens with zero attached hydrogens (tertiary/aromatic N) is 1. The second-order valence-electron chi connectivity index (χ2n) is 6.06. The van der Waals surface area contributed by atoms with Gasteiger partial charge in [0.1, 0.15) is 11.5 Å². The van der Waals surface area contributed by atoms with Crippen molar-refractivity contribution in [2.75, 3.05) is 6.61 Å². The summed E-state index contributed by atoms with van der Waals surface area (Å²) in [5, 5.41) is 8.55. The summed E-state index contributed by atoms with van der Waals surface area (Å²) in [6.07, 6.45) is 3.08. The Hall–Kier alpha value is -3.67. The molecule has 0 unspecified atom stereocenters. The maximum Gasteiger partial charge on any atom is 0.376 e. The average molecular weight is 377 g/mol. The standard InChI is InChI=1S/C22H19NO5/c1-15-19(23-21(28-15)17-5-3-2-4-6-17)13-14-27-18-10-7-16(8-11-18)9-12-20(24)22(25)26/h2-12H,13-14H2,1H3,(H,25,26)/b12-9+. The van der Waals surface area contributed by atoms with E-state index in [0.717, 1.165) is 23.1 Å². The Morgan fingerprint density at radius 3 is 2.50 bits per heavy atom. The second kappa shape index (κ2) is 8.81. The van der Waals surface area contributed by atoms with Gasteiger partial charge in [0.2, 0.25) is 5.89 Å². The number of aliphatic carboxylic acids is 1. The molecule has 1 heterocycles. The summed E-state index contributed by atoms with van der Waals surface area (Å²) >= 11 is 0. The van der Waals surface area contributed by atoms with Gasteiger partial charge in [-0.3, -0.25) is 4.79 Å². The van der Waals surface area contributed by atoms with Gasteiger partial charge in [0, 0.05) is 12.0 Å². The summed E-state index contributed by atoms with van der Waals surface area (Å²) < 4.78 is 11.5. The fourth-order valence-electron chi connectivity index (χ4n) is 2.55. The van der Waals surface area contributed by atoms with Crippen molar-refractivity contribution in [2.24, 2.45) is 0 Å². The van der Waals surface area contributed by atoms with Crippen LogP contribution < -0.4 is 4.74 Å². The van der Waals surface area contributed by atoms with E-state index in [2.05, 4.69) is 4.98 Å². The molecule has 0 fully saturated rings. The van der Waals surface area contributed by atoms with Crippen LogP contribution in [-0.2, 0) is 16.0 Å². The van der Waals surface area contributed by atoms with Crippen LogP contribution in [0.25, 0.3) is 17.5 Å². The van der Waals surface area contributed by atoms with Gasteiger partial charge in [0.25, 0.3) is 5.78 Å². The van der Waals surface area contributed by atoms with E-state index in [-0.39, 0.29) is 0 Å². The van der Waals surface area contributed by atoms with Crippen LogP contribution in [0.3, 0.4) is 0 Å². The van der Waals surface area contributed by atoms with Crippen molar-refractivity contribution < 1.29 is 23.8 Å². The number of oxazole rings is 1. The van der Waals surface area contributed by atoms with Crippen LogP contribution >= 0.6 is 0 Å². The van der Waals surface area contributed by atoms with Crippen molar-refractivity contribution in [3.05, 3.63) is 77.7 Å². The predicted octanol–water partition coefficient (Wildman–Crippen LogP) is 3.94. The SMILES string of the molecule is Cc1oc(-c2ccccc2)nc1CCOc1ccc(/C=C/C(=O)C(=O)O)cc1. The third-order valence-electron chi connectivity index (χ3n) is 4.04. The number of benzene rings is 2. The molecule has 0 saturated heterocycles. The van der Waals surface area contributed by atoms with Crippen LogP contribution in [0, 0.1) is 6.92 Å². The Morgan fingerprint density at radius 2 is 1.82 bits per heavy atom. The van der Waals surface area contributed by atoms with Crippen LogP contribution in [-0.4, -0.2) is 28.4 Å². The highest BCUT2D eigenvalue weighted by Gasteiger charge is 2.11. The second-order valence-corrected chi connectivity index (χ2v) is 6.06. The zero-order valence-electron chi connectivity index (χ0n) is 15.3. The molecule has 0 radical (unpaired) electrons. The molecule has 0 amide bonds. The fourth-order valence-corrected chi connectivity index (χ4v) is 2.55. The number of aryl methyl sites for hydroxylation is 1. The molecule has 0 aliphatic carbocycles. The Morgan fingerprint density at radius 1 is 1.11 bits per heavy atom. The first kappa shape index (κ1) is 19.1. The summed E-state index contributed by atoms with van der Waals surface area (Å²) in [6, 6.07) is 16.7. The van der Waals surface area contributed by atoms with Gasteiger partial charge in [-0.2, -0.15) is 0 Å². The molecule has 1 aromatic heterocycles. The minimum absolute atomic E-state index is 0.439. The predicted molar refractivity (Wildman–Crippen MR) is 104 cm³/mol. The molecule has 3 aromatic rings. The van der Waals surface area contributed by atoms with Gasteiger partial charge in [-0.25, -0.2) is 9.78 Å². The number of carboxylic acids is 1. The minimum Gasteiger partial charge on any atom is -0.493 e. The number of rotatable bonds is 8. The van der Waals surface area contributed by atoms with Crippen molar-refractivity contribution in [3.8, 4) is 17.2 Å². The van der Waals surface area contributed by atoms with Crippen molar-refractivity contribution in [3.63, 3.8) is 0 Å². The zero-order chi connectivity index (χ0) is 19.9. The smallest absolute Gasteiger partial charge is 0.376 e. The molecule has 0 bridgehead atoms. The zero-order valence-corrected chi connectivity index (χ0v) is 15.3. The molecule has 2 aromatic carbocycles. The van der Waals surface area contributed by atoms with Crippen molar-refractivity contribution >= 4 is 17.8 Å². The monoisotopic (exact) mass is 377 g/mol. The van der Waals surface area contributed by atoms with Gasteiger partial charge >= 0.3 is 5.97 Å². The molecule has 1 N–H and O–H groups in total. The quantitative estimate of drug-likeness (QED) is 0.472. The lowest BCUT2D eigenvalue weighted by molar-refractivity contribution is -0.146. The number of ether oxygens (including phenoxy) is 1. The van der Waals surface area contributed by atoms with Gasteiger partial charge in [-0.15, -0.1) is 0 Å². The van der Waals surface area contributed by atoms with Crippen molar-refractivity contribution in [1.82, 2.24) is 4.98 Å². The molecule has 6 nitrogen and oxygen atoms in total. The number of carboxylic acid groups (broad SMARTS) is 1. The van der Waals surface area contributed by atoms with Crippen molar-refractivity contribution in [2.45, 2.75) is 13.3 Å². The molecule has 0 spiro atoms. The van der Waals surface area contributed by atoms with Crippen LogP contribution in [0.4, 0.5) is 0 Å². The van der Waals surface area contributed by atoms with E-state index in [1.165, 1.54) is 6.08 Å². The molecule has 0 atom stereocenters. The van der Waals surface area contributed by atoms with E-state index in [0.29, 0.717) is 30.2 Å². The van der Waals surface area contributed by atoms with Crippen molar-refractivity contribution in [1.29, 1.82) is 0 Å². The third kappa shape index (κ3) is 4.94. The van der Waals surface area contributed by atoms with Crippen LogP contribution in [0.5, 0.6) is 5.75 Å². The lowest BCUT2D eigenvalue weighted by atomic mass is 10.2. The third-order valence-corrected chi connectivity index (χ3v) is 4.04. The minimum atomic E-state index is -1.48. The highest BCUT2D eigenvalue weighted by molar-refractivity contribution is 6.38. The Labute approximate surface area is 162 Å². The van der Waals surface area contributed by atoms with E-state index in [1.807, 2.05) is 37.3 Å². The number of carbonyl (C=O) groups excluding carboxylic acids is 1. The highest BCUT2D eigenvalue weighted by Crippen LogP contribution is 2.22. The first-order chi connectivity index (χ1) is 13.5. The summed E-state index contributed by atoms with van der Waals surface area (Å²) in [7, 11) is 0. The van der Waals surface area contributed by atoms with Crippen LogP contribution in [0.1, 0.15) is 17.0 Å². The molecule has 142 valence electrons. The molecule has 0 aliphatic rings. The summed E-state index contributed by atoms with van der Waals surface area (Å²) in [4.78, 5) is 26.1. The van der Waals surface area contributed by atoms with E-state index in [4.69, 9.17) is 14.3 Å². The fraction of sp³-hybridized carbons (Fsp3) is 0.136.